The fourth-order valence-electron chi connectivity index (χ4n) is 2.55. The number of benzene rings is 1. The van der Waals surface area contributed by atoms with Crippen LogP contribution in [0.4, 0.5) is 0 Å². The smallest absolute Gasteiger partial charge is 0.237 e. The molecule has 1 fully saturated rings. The van der Waals surface area contributed by atoms with E-state index in [0.29, 0.717) is 30.5 Å². The zero-order valence-corrected chi connectivity index (χ0v) is 15.1. The summed E-state index contributed by atoms with van der Waals surface area (Å²) in [6.07, 6.45) is 1.45. The second-order valence-electron chi connectivity index (χ2n) is 5.70. The highest BCUT2D eigenvalue weighted by Gasteiger charge is 2.25. The topological polar surface area (TPSA) is 89.3 Å². The van der Waals surface area contributed by atoms with E-state index >= 15 is 0 Å². The van der Waals surface area contributed by atoms with Crippen LogP contribution >= 0.6 is 11.8 Å². The quantitative estimate of drug-likeness (QED) is 0.782. The van der Waals surface area contributed by atoms with E-state index in [1.54, 1.807) is 0 Å². The Morgan fingerprint density at radius 1 is 1.32 bits per heavy atom. The highest BCUT2D eigenvalue weighted by Crippen LogP contribution is 2.22. The molecule has 8 heteroatoms. The molecule has 1 aromatic carbocycles. The average molecular weight is 362 g/mol. The fourth-order valence-corrected chi connectivity index (χ4v) is 3.48. The largest absolute Gasteiger partial charge is 0.494 e. The molecule has 7 nitrogen and oxygen atoms in total. The summed E-state index contributed by atoms with van der Waals surface area (Å²) in [5.41, 5.74) is 0.741. The molecule has 1 amide bonds. The first-order chi connectivity index (χ1) is 12.2. The first-order valence-corrected chi connectivity index (χ1v) is 9.45. The van der Waals surface area contributed by atoms with E-state index in [2.05, 4.69) is 27.7 Å². The van der Waals surface area contributed by atoms with Crippen molar-refractivity contribution in [1.29, 1.82) is 0 Å². The third-order valence-electron chi connectivity index (χ3n) is 3.87. The van der Waals surface area contributed by atoms with Crippen molar-refractivity contribution in [2.45, 2.75) is 44.0 Å². The van der Waals surface area contributed by atoms with Crippen molar-refractivity contribution in [3.05, 3.63) is 30.2 Å². The lowest BCUT2D eigenvalue weighted by molar-refractivity contribution is -0.123. The normalized spacial score (nSPS) is 20.3. The molecule has 2 N–H and O–H groups in total. The van der Waals surface area contributed by atoms with Gasteiger partial charge in [-0.3, -0.25) is 10.1 Å². The molecule has 134 valence electrons. The lowest BCUT2D eigenvalue weighted by Gasteiger charge is -2.30. The highest BCUT2D eigenvalue weighted by atomic mass is 32.2. The Morgan fingerprint density at radius 3 is 2.84 bits per heavy atom. The van der Waals surface area contributed by atoms with Gasteiger partial charge in [-0.15, -0.1) is 11.8 Å². The van der Waals surface area contributed by atoms with E-state index in [4.69, 9.17) is 9.26 Å². The molecule has 0 bridgehead atoms. The molecule has 0 spiro atoms. The SMILES string of the molecule is CCOc1ccc(-c2noc(CSC3NC(=O)CC(CC)N3)n2)cc1. The number of carbonyl (C=O) groups is 1. The van der Waals surface area contributed by atoms with E-state index < -0.39 is 0 Å². The number of nitrogens with zero attached hydrogens (tertiary/aromatic N) is 2. The van der Waals surface area contributed by atoms with Gasteiger partial charge in [0.2, 0.25) is 17.6 Å². The molecule has 1 aliphatic heterocycles. The molecule has 25 heavy (non-hydrogen) atoms. The predicted molar refractivity (Wildman–Crippen MR) is 96.0 cm³/mol. The first kappa shape index (κ1) is 17.8. The van der Waals surface area contributed by atoms with Crippen LogP contribution < -0.4 is 15.4 Å². The van der Waals surface area contributed by atoms with Crippen LogP contribution in [0.1, 0.15) is 32.6 Å². The van der Waals surface area contributed by atoms with Crippen LogP contribution in [0.3, 0.4) is 0 Å². The zero-order valence-electron chi connectivity index (χ0n) is 14.3. The summed E-state index contributed by atoms with van der Waals surface area (Å²) in [5, 5.41) is 10.3. The van der Waals surface area contributed by atoms with Gasteiger partial charge in [-0.25, -0.2) is 0 Å². The van der Waals surface area contributed by atoms with Crippen LogP contribution in [0.25, 0.3) is 11.4 Å². The molecule has 2 heterocycles. The van der Waals surface area contributed by atoms with Gasteiger partial charge in [0, 0.05) is 18.0 Å². The van der Waals surface area contributed by atoms with E-state index in [1.807, 2.05) is 31.2 Å². The lowest BCUT2D eigenvalue weighted by atomic mass is 10.1. The van der Waals surface area contributed by atoms with E-state index in [-0.39, 0.29) is 17.4 Å². The van der Waals surface area contributed by atoms with Crippen molar-refractivity contribution in [3.63, 3.8) is 0 Å². The Morgan fingerprint density at radius 2 is 2.12 bits per heavy atom. The molecular formula is C17H22N4O3S. The Hall–Kier alpha value is -2.06. The summed E-state index contributed by atoms with van der Waals surface area (Å²) in [6, 6.07) is 7.79. The lowest BCUT2D eigenvalue weighted by Crippen LogP contribution is -2.54. The van der Waals surface area contributed by atoms with Crippen LogP contribution in [-0.4, -0.2) is 34.2 Å². The molecule has 2 atom stereocenters. The minimum atomic E-state index is -0.132. The van der Waals surface area contributed by atoms with Gasteiger partial charge in [0.25, 0.3) is 0 Å². The minimum Gasteiger partial charge on any atom is -0.494 e. The Labute approximate surface area is 150 Å². The molecule has 2 aromatic rings. The van der Waals surface area contributed by atoms with Crippen molar-refractivity contribution in [1.82, 2.24) is 20.8 Å². The van der Waals surface area contributed by atoms with E-state index in [0.717, 1.165) is 17.7 Å². The summed E-state index contributed by atoms with van der Waals surface area (Å²) in [4.78, 5) is 16.1. The number of thioether (sulfide) groups is 1. The molecule has 2 unspecified atom stereocenters. The number of aromatic nitrogens is 2. The van der Waals surface area contributed by atoms with Crippen molar-refractivity contribution < 1.29 is 14.1 Å². The maximum absolute atomic E-state index is 11.7. The van der Waals surface area contributed by atoms with Gasteiger partial charge >= 0.3 is 0 Å². The molecule has 0 radical (unpaired) electrons. The van der Waals surface area contributed by atoms with Crippen molar-refractivity contribution in [2.75, 3.05) is 6.61 Å². The number of ether oxygens (including phenoxy) is 1. The minimum absolute atomic E-state index is 0.0729. The number of carbonyl (C=O) groups excluding carboxylic acids is 1. The molecule has 0 saturated carbocycles. The molecule has 3 rings (SSSR count). The average Bonchev–Trinajstić information content (AvgIpc) is 3.09. The van der Waals surface area contributed by atoms with E-state index in [1.165, 1.54) is 11.8 Å². The highest BCUT2D eigenvalue weighted by molar-refractivity contribution is 7.99. The third kappa shape index (κ3) is 4.73. The van der Waals surface area contributed by atoms with Crippen molar-refractivity contribution in [3.8, 4) is 17.1 Å². The van der Waals surface area contributed by atoms with Gasteiger partial charge in [-0.1, -0.05) is 12.1 Å². The summed E-state index contributed by atoms with van der Waals surface area (Å²) in [5.74, 6) is 2.49. The molecular weight excluding hydrogens is 340 g/mol. The maximum Gasteiger partial charge on any atom is 0.237 e. The molecule has 1 aliphatic rings. The monoisotopic (exact) mass is 362 g/mol. The molecule has 0 aliphatic carbocycles. The fraction of sp³-hybridized carbons (Fsp3) is 0.471. The summed E-state index contributed by atoms with van der Waals surface area (Å²) >= 11 is 1.53. The predicted octanol–water partition coefficient (Wildman–Crippen LogP) is 2.54. The third-order valence-corrected chi connectivity index (χ3v) is 4.87. The van der Waals surface area contributed by atoms with Crippen molar-refractivity contribution in [2.24, 2.45) is 0 Å². The zero-order chi connectivity index (χ0) is 17.6. The van der Waals surface area contributed by atoms with Gasteiger partial charge in [0.15, 0.2) is 0 Å². The van der Waals surface area contributed by atoms with Gasteiger partial charge < -0.3 is 14.6 Å². The molecule has 1 aromatic heterocycles. The molecule has 1 saturated heterocycles. The number of rotatable bonds is 7. The van der Waals surface area contributed by atoms with Gasteiger partial charge in [-0.2, -0.15) is 4.98 Å². The Balaban J connectivity index is 1.57. The number of hydrogen-bond acceptors (Lipinski definition) is 7. The number of hydrogen-bond donors (Lipinski definition) is 2. The van der Waals surface area contributed by atoms with Crippen molar-refractivity contribution >= 4 is 17.7 Å². The van der Waals surface area contributed by atoms with Crippen LogP contribution in [0.2, 0.25) is 0 Å². The Kier molecular flexibility index (Phi) is 5.93. The second kappa shape index (κ2) is 8.35. The first-order valence-electron chi connectivity index (χ1n) is 8.40. The van der Waals surface area contributed by atoms with Crippen LogP contribution in [-0.2, 0) is 10.5 Å². The van der Waals surface area contributed by atoms with E-state index in [9.17, 15) is 4.79 Å². The van der Waals surface area contributed by atoms with Crippen LogP contribution in [0.5, 0.6) is 5.75 Å². The van der Waals surface area contributed by atoms with Gasteiger partial charge in [0.1, 0.15) is 11.2 Å². The van der Waals surface area contributed by atoms with Gasteiger partial charge in [0.05, 0.1) is 12.4 Å². The summed E-state index contributed by atoms with van der Waals surface area (Å²) in [7, 11) is 0. The maximum atomic E-state index is 11.7. The van der Waals surface area contributed by atoms with Crippen LogP contribution in [0, 0.1) is 0 Å². The summed E-state index contributed by atoms with van der Waals surface area (Å²) < 4.78 is 10.7. The standard InChI is InChI=1S/C17H22N4O3S/c1-3-12-9-14(22)19-17(18-12)25-10-15-20-16(21-24-15)11-5-7-13(8-6-11)23-4-2/h5-8,12,17-18H,3-4,9-10H2,1-2H3,(H,19,22). The Bertz CT molecular complexity index is 704. The number of nitrogens with one attached hydrogen (secondary N) is 2. The second-order valence-corrected chi connectivity index (χ2v) is 6.80. The summed E-state index contributed by atoms with van der Waals surface area (Å²) in [6.45, 7) is 4.65. The number of amides is 1. The van der Waals surface area contributed by atoms with Gasteiger partial charge in [-0.05, 0) is 37.6 Å². The van der Waals surface area contributed by atoms with Crippen LogP contribution in [0.15, 0.2) is 28.8 Å².